The molecule has 2 aliphatic heterocycles. The molecule has 210 valence electrons. The zero-order valence-corrected chi connectivity index (χ0v) is 23.4. The number of ether oxygens (including phenoxy) is 4. The van der Waals surface area contributed by atoms with Crippen molar-refractivity contribution >= 4 is 11.9 Å². The fourth-order valence-corrected chi connectivity index (χ4v) is 4.92. The van der Waals surface area contributed by atoms with Crippen LogP contribution in [0.4, 0.5) is 0 Å². The summed E-state index contributed by atoms with van der Waals surface area (Å²) in [5.74, 6) is -1.82. The Morgan fingerprint density at radius 2 is 1.89 bits per heavy atom. The van der Waals surface area contributed by atoms with E-state index in [4.69, 9.17) is 18.9 Å². The molecule has 0 bridgehead atoms. The van der Waals surface area contributed by atoms with Crippen LogP contribution in [0.1, 0.15) is 67.7 Å². The van der Waals surface area contributed by atoms with Gasteiger partial charge in [0.15, 0.2) is 5.79 Å². The number of methoxy groups -OCH3 is 1. The number of carbonyl (C=O) groups excluding carboxylic acids is 2. The summed E-state index contributed by atoms with van der Waals surface area (Å²) >= 11 is 0. The first-order valence-corrected chi connectivity index (χ1v) is 13.0. The molecule has 2 rings (SSSR count). The highest BCUT2D eigenvalue weighted by atomic mass is 16.6. The minimum Gasteiger partial charge on any atom is -0.459 e. The number of aliphatic hydroxyl groups excluding tert-OH is 1. The van der Waals surface area contributed by atoms with Gasteiger partial charge in [0.25, 0.3) is 0 Å². The molecular formula is C28H45NO8. The Hall–Kier alpha value is -2.04. The zero-order valence-electron chi connectivity index (χ0n) is 23.4. The molecule has 0 aromatic rings. The van der Waals surface area contributed by atoms with Gasteiger partial charge in [0.2, 0.25) is 5.91 Å². The second kappa shape index (κ2) is 13.2. The average Bonchev–Trinajstić information content (AvgIpc) is 2.79. The molecule has 0 aliphatic carbocycles. The van der Waals surface area contributed by atoms with E-state index >= 15 is 0 Å². The first kappa shape index (κ1) is 31.2. The lowest BCUT2D eigenvalue weighted by Crippen LogP contribution is -2.60. The number of amides is 1. The van der Waals surface area contributed by atoms with Crippen LogP contribution >= 0.6 is 0 Å². The van der Waals surface area contributed by atoms with Crippen molar-refractivity contribution in [3.05, 3.63) is 36.0 Å². The standard InChI is InChI=1S/C28H45NO8/c1-17(10-13-24-26(32)27(6,34-8)16-28(7,33)37-24)9-12-23-18(2)15-22(20(4)36-23)29-25(31)14-11-19(3)35-21(5)30/h9-11,13-14,18-20,22-24,26,32-33H,12,15-16H2,1-8H3,(H,29,31)/b13-10+,14-11-,17-9+/t18?,19?,20?,22-,23-,24+,26?,27+,28-/m0/s1. The Kier molecular flexibility index (Phi) is 11.1. The minimum atomic E-state index is -1.40. The number of nitrogens with one attached hydrogen (secondary N) is 1. The van der Waals surface area contributed by atoms with Crippen molar-refractivity contribution in [2.75, 3.05) is 7.11 Å². The summed E-state index contributed by atoms with van der Waals surface area (Å²) in [6.45, 7) is 12.4. The van der Waals surface area contributed by atoms with E-state index in [1.54, 1.807) is 32.9 Å². The van der Waals surface area contributed by atoms with Gasteiger partial charge in [-0.2, -0.15) is 0 Å². The number of rotatable bonds is 9. The van der Waals surface area contributed by atoms with Gasteiger partial charge in [0.1, 0.15) is 18.3 Å². The Balaban J connectivity index is 1.91. The van der Waals surface area contributed by atoms with Crippen LogP contribution in [-0.2, 0) is 28.5 Å². The lowest BCUT2D eigenvalue weighted by Gasteiger charge is -2.47. The molecule has 37 heavy (non-hydrogen) atoms. The summed E-state index contributed by atoms with van der Waals surface area (Å²) < 4.78 is 22.4. The normalized spacial score (nSPS) is 38.1. The smallest absolute Gasteiger partial charge is 0.303 e. The number of hydrogen-bond acceptors (Lipinski definition) is 8. The van der Waals surface area contributed by atoms with E-state index in [0.717, 1.165) is 12.0 Å². The fraction of sp³-hybridized carbons (Fsp3) is 0.714. The van der Waals surface area contributed by atoms with Gasteiger partial charge in [0.05, 0.1) is 23.9 Å². The molecule has 2 heterocycles. The van der Waals surface area contributed by atoms with Gasteiger partial charge < -0.3 is 34.5 Å². The van der Waals surface area contributed by atoms with Gasteiger partial charge in [-0.25, -0.2) is 0 Å². The van der Waals surface area contributed by atoms with Crippen molar-refractivity contribution in [1.82, 2.24) is 5.32 Å². The topological polar surface area (TPSA) is 124 Å². The lowest BCUT2D eigenvalue weighted by atomic mass is 9.84. The highest BCUT2D eigenvalue weighted by Gasteiger charge is 2.50. The molecule has 9 atom stereocenters. The second-order valence-corrected chi connectivity index (χ2v) is 10.8. The summed E-state index contributed by atoms with van der Waals surface area (Å²) in [5.41, 5.74) is 0.0594. The minimum absolute atomic E-state index is 0.0000649. The molecule has 0 aromatic heterocycles. The summed E-state index contributed by atoms with van der Waals surface area (Å²) in [6.07, 6.45) is 8.00. The van der Waals surface area contributed by atoms with E-state index in [-0.39, 0.29) is 36.5 Å². The maximum atomic E-state index is 12.3. The fourth-order valence-electron chi connectivity index (χ4n) is 4.92. The number of allylic oxidation sites excluding steroid dienone is 2. The molecule has 4 unspecified atom stereocenters. The van der Waals surface area contributed by atoms with Crippen LogP contribution in [0.5, 0.6) is 0 Å². The van der Waals surface area contributed by atoms with Crippen molar-refractivity contribution in [2.45, 2.75) is 116 Å². The number of hydrogen-bond donors (Lipinski definition) is 3. The van der Waals surface area contributed by atoms with Crippen LogP contribution in [0.15, 0.2) is 36.0 Å². The maximum Gasteiger partial charge on any atom is 0.303 e. The summed E-state index contributed by atoms with van der Waals surface area (Å²) in [7, 11) is 1.52. The molecular weight excluding hydrogens is 478 g/mol. The van der Waals surface area contributed by atoms with E-state index in [2.05, 4.69) is 18.3 Å². The van der Waals surface area contributed by atoms with Gasteiger partial charge >= 0.3 is 5.97 Å². The average molecular weight is 524 g/mol. The maximum absolute atomic E-state index is 12.3. The van der Waals surface area contributed by atoms with Crippen molar-refractivity contribution in [3.8, 4) is 0 Å². The van der Waals surface area contributed by atoms with Crippen molar-refractivity contribution in [1.29, 1.82) is 0 Å². The SMILES string of the molecule is CO[C@]1(C)C[C@@](C)(O)O[C@H](/C=C/C(C)=C/C[C@@H]2OC(C)[C@@H](NC(=O)/C=C\C(C)OC(C)=O)CC2C)C1O. The molecule has 2 aliphatic rings. The van der Waals surface area contributed by atoms with Crippen LogP contribution in [0.3, 0.4) is 0 Å². The van der Waals surface area contributed by atoms with E-state index < -0.39 is 35.7 Å². The van der Waals surface area contributed by atoms with Gasteiger partial charge in [-0.3, -0.25) is 9.59 Å². The van der Waals surface area contributed by atoms with E-state index in [0.29, 0.717) is 6.42 Å². The second-order valence-electron chi connectivity index (χ2n) is 10.8. The number of carbonyl (C=O) groups is 2. The Morgan fingerprint density at radius 1 is 1.22 bits per heavy atom. The van der Waals surface area contributed by atoms with Crippen LogP contribution in [0, 0.1) is 5.92 Å². The van der Waals surface area contributed by atoms with E-state index in [9.17, 15) is 19.8 Å². The number of esters is 1. The third-order valence-electron chi connectivity index (χ3n) is 7.11. The third kappa shape index (κ3) is 9.33. The Bertz CT molecular complexity index is 881. The molecule has 0 spiro atoms. The first-order chi connectivity index (χ1) is 17.2. The zero-order chi connectivity index (χ0) is 28.0. The Labute approximate surface area is 220 Å². The van der Waals surface area contributed by atoms with E-state index in [1.807, 2.05) is 19.9 Å². The predicted octanol–water partition coefficient (Wildman–Crippen LogP) is 2.95. The summed E-state index contributed by atoms with van der Waals surface area (Å²) in [6, 6.07) is -0.120. The Morgan fingerprint density at radius 3 is 2.51 bits per heavy atom. The quantitative estimate of drug-likeness (QED) is 0.239. The van der Waals surface area contributed by atoms with Crippen LogP contribution < -0.4 is 5.32 Å². The largest absolute Gasteiger partial charge is 0.459 e. The predicted molar refractivity (Wildman–Crippen MR) is 139 cm³/mol. The van der Waals surface area contributed by atoms with Crippen molar-refractivity contribution < 1.29 is 38.7 Å². The van der Waals surface area contributed by atoms with Gasteiger partial charge in [-0.1, -0.05) is 30.7 Å². The molecule has 0 saturated carbocycles. The van der Waals surface area contributed by atoms with Gasteiger partial charge in [-0.05, 0) is 59.5 Å². The molecule has 0 aromatic carbocycles. The third-order valence-corrected chi connectivity index (χ3v) is 7.11. The van der Waals surface area contributed by atoms with E-state index in [1.165, 1.54) is 20.1 Å². The van der Waals surface area contributed by atoms with Crippen molar-refractivity contribution in [2.24, 2.45) is 5.92 Å². The van der Waals surface area contributed by atoms with Crippen molar-refractivity contribution in [3.63, 3.8) is 0 Å². The van der Waals surface area contributed by atoms with Crippen LogP contribution in [0.2, 0.25) is 0 Å². The molecule has 1 amide bonds. The highest BCUT2D eigenvalue weighted by Crippen LogP contribution is 2.37. The summed E-state index contributed by atoms with van der Waals surface area (Å²) in [5, 5.41) is 24.2. The molecule has 0 radical (unpaired) electrons. The first-order valence-electron chi connectivity index (χ1n) is 13.0. The van der Waals surface area contributed by atoms with Gasteiger partial charge in [-0.15, -0.1) is 0 Å². The molecule has 3 N–H and O–H groups in total. The molecule has 2 fully saturated rings. The molecule has 9 nitrogen and oxygen atoms in total. The highest BCUT2D eigenvalue weighted by molar-refractivity contribution is 5.87. The monoisotopic (exact) mass is 523 g/mol. The van der Waals surface area contributed by atoms with Crippen LogP contribution in [0.25, 0.3) is 0 Å². The summed E-state index contributed by atoms with van der Waals surface area (Å²) in [4.78, 5) is 23.3. The van der Waals surface area contributed by atoms with Gasteiger partial charge in [0, 0.05) is 26.5 Å². The molecule has 9 heteroatoms. The molecule has 2 saturated heterocycles. The van der Waals surface area contributed by atoms with Crippen LogP contribution in [-0.4, -0.2) is 77.1 Å². The lowest BCUT2D eigenvalue weighted by molar-refractivity contribution is -0.307. The number of aliphatic hydroxyl groups is 2.